The van der Waals surface area contributed by atoms with Gasteiger partial charge in [-0.3, -0.25) is 4.84 Å². The first-order valence-electron chi connectivity index (χ1n) is 10.5. The van der Waals surface area contributed by atoms with Gasteiger partial charge in [-0.2, -0.15) is 4.99 Å². The highest BCUT2D eigenvalue weighted by Gasteiger charge is 2.36. The van der Waals surface area contributed by atoms with E-state index in [0.717, 1.165) is 22.3 Å². The van der Waals surface area contributed by atoms with Crippen LogP contribution in [0.4, 0.5) is 4.39 Å². The predicted molar refractivity (Wildman–Crippen MR) is 124 cm³/mol. The summed E-state index contributed by atoms with van der Waals surface area (Å²) in [5, 5.41) is 0.553. The van der Waals surface area contributed by atoms with E-state index < -0.39 is 5.82 Å². The number of aliphatic imine (C=N–C) groups is 1. The summed E-state index contributed by atoms with van der Waals surface area (Å²) < 4.78 is 26.8. The molecule has 2 heterocycles. The van der Waals surface area contributed by atoms with Crippen LogP contribution >= 0.6 is 23.2 Å². The SMILES string of the molecule is COC1=N[C@@H](Cc2ccc(-c3c(Cl)cc(F)cc3Cl)c3c2COC3)[N+](OC)=C[C@@H]1C(C)C. The summed E-state index contributed by atoms with van der Waals surface area (Å²) in [6.07, 6.45) is 2.38. The maximum absolute atomic E-state index is 13.7. The van der Waals surface area contributed by atoms with Crippen molar-refractivity contribution in [2.75, 3.05) is 14.2 Å². The molecule has 32 heavy (non-hydrogen) atoms. The summed E-state index contributed by atoms with van der Waals surface area (Å²) in [4.78, 5) is 10.5. The molecule has 5 nitrogen and oxygen atoms in total. The molecule has 2 atom stereocenters. The second-order valence-corrected chi connectivity index (χ2v) is 9.10. The van der Waals surface area contributed by atoms with E-state index in [2.05, 4.69) is 13.8 Å². The lowest BCUT2D eigenvalue weighted by atomic mass is 9.91. The van der Waals surface area contributed by atoms with Gasteiger partial charge in [-0.05, 0) is 45.0 Å². The van der Waals surface area contributed by atoms with Crippen LogP contribution in [0.5, 0.6) is 0 Å². The van der Waals surface area contributed by atoms with Gasteiger partial charge in [0.1, 0.15) is 18.8 Å². The Morgan fingerprint density at radius 3 is 2.47 bits per heavy atom. The second kappa shape index (κ2) is 9.38. The average Bonchev–Trinajstić information content (AvgIpc) is 3.24. The van der Waals surface area contributed by atoms with Crippen LogP contribution in [0, 0.1) is 17.7 Å². The van der Waals surface area contributed by atoms with Gasteiger partial charge < -0.3 is 9.47 Å². The van der Waals surface area contributed by atoms with Gasteiger partial charge in [0.05, 0.1) is 36.8 Å². The van der Waals surface area contributed by atoms with Crippen LogP contribution in [0.15, 0.2) is 29.3 Å². The first kappa shape index (κ1) is 23.0. The second-order valence-electron chi connectivity index (χ2n) is 8.28. The zero-order valence-electron chi connectivity index (χ0n) is 18.5. The van der Waals surface area contributed by atoms with Crippen LogP contribution in [0.25, 0.3) is 11.1 Å². The van der Waals surface area contributed by atoms with Gasteiger partial charge in [0.15, 0.2) is 0 Å². The normalized spacial score (nSPS) is 20.1. The van der Waals surface area contributed by atoms with Crippen LogP contribution in [-0.4, -0.2) is 37.2 Å². The highest BCUT2D eigenvalue weighted by atomic mass is 35.5. The van der Waals surface area contributed by atoms with E-state index in [1.807, 2.05) is 18.3 Å². The highest BCUT2D eigenvalue weighted by molar-refractivity contribution is 6.39. The minimum atomic E-state index is -0.465. The fraction of sp³-hybridized carbons (Fsp3) is 0.417. The van der Waals surface area contributed by atoms with Crippen molar-refractivity contribution >= 4 is 35.3 Å². The zero-order valence-corrected chi connectivity index (χ0v) is 20.0. The molecule has 0 N–H and O–H groups in total. The molecule has 0 amide bonds. The number of halogens is 3. The fourth-order valence-corrected chi connectivity index (χ4v) is 5.00. The molecule has 0 bridgehead atoms. The Bertz CT molecular complexity index is 1080. The molecular formula is C24H26Cl2FN2O3+. The van der Waals surface area contributed by atoms with Crippen LogP contribution in [-0.2, 0) is 33.9 Å². The molecule has 0 radical (unpaired) electrons. The first-order valence-corrected chi connectivity index (χ1v) is 11.2. The summed E-state index contributed by atoms with van der Waals surface area (Å²) >= 11 is 12.7. The Morgan fingerprint density at radius 1 is 1.16 bits per heavy atom. The van der Waals surface area contributed by atoms with Gasteiger partial charge >= 0.3 is 0 Å². The third-order valence-electron chi connectivity index (χ3n) is 6.00. The summed E-state index contributed by atoms with van der Waals surface area (Å²) in [6.45, 7) is 5.17. The Labute approximate surface area is 197 Å². The average molecular weight is 480 g/mol. The number of rotatable bonds is 5. The molecule has 2 aliphatic heterocycles. The standard InChI is InChI=1S/C24H26Cl2FN2O3/c1-13(2)17-10-29(31-4)22(28-24(17)30-3)7-14-5-6-16(19-12-32-11-18(14)19)23-20(25)8-15(27)9-21(23)26/h5-6,8-10,13,17,22H,7,11-12H2,1-4H3/q+1/t17-,22-/m1/s1. The maximum atomic E-state index is 13.7. The molecule has 2 aliphatic rings. The topological polar surface area (TPSA) is 43.1 Å². The van der Waals surface area contributed by atoms with Crippen molar-refractivity contribution < 1.29 is 23.4 Å². The molecular weight excluding hydrogens is 454 g/mol. The number of benzene rings is 2. The molecule has 0 aliphatic carbocycles. The van der Waals surface area contributed by atoms with E-state index >= 15 is 0 Å². The van der Waals surface area contributed by atoms with Crippen molar-refractivity contribution in [3.63, 3.8) is 0 Å². The third-order valence-corrected chi connectivity index (χ3v) is 6.60. The lowest BCUT2D eigenvalue weighted by molar-refractivity contribution is -0.802. The maximum Gasteiger partial charge on any atom is 0.300 e. The first-order chi connectivity index (χ1) is 15.3. The van der Waals surface area contributed by atoms with Crippen LogP contribution < -0.4 is 0 Å². The van der Waals surface area contributed by atoms with Crippen LogP contribution in [0.2, 0.25) is 10.0 Å². The molecule has 0 fully saturated rings. The van der Waals surface area contributed by atoms with E-state index in [4.69, 9.17) is 42.5 Å². The number of hydrogen-bond acceptors (Lipinski definition) is 4. The lowest BCUT2D eigenvalue weighted by Crippen LogP contribution is -2.40. The van der Waals surface area contributed by atoms with E-state index in [1.165, 1.54) is 12.1 Å². The Balaban J connectivity index is 1.72. The van der Waals surface area contributed by atoms with Gasteiger partial charge in [0, 0.05) is 5.56 Å². The van der Waals surface area contributed by atoms with Gasteiger partial charge in [0.25, 0.3) is 6.17 Å². The lowest BCUT2D eigenvalue weighted by Gasteiger charge is -2.23. The number of nitrogens with zero attached hydrogens (tertiary/aromatic N) is 2. The van der Waals surface area contributed by atoms with Crippen LogP contribution in [0.3, 0.4) is 0 Å². The number of fused-ring (bicyclic) bond motifs is 1. The highest BCUT2D eigenvalue weighted by Crippen LogP contribution is 2.41. The van der Waals surface area contributed by atoms with Gasteiger partial charge in [-0.15, -0.1) is 0 Å². The molecule has 0 spiro atoms. The summed E-state index contributed by atoms with van der Waals surface area (Å²) in [6, 6.07) is 6.55. The smallest absolute Gasteiger partial charge is 0.300 e. The Hall–Kier alpha value is -2.15. The number of hydrogen-bond donors (Lipinski definition) is 0. The van der Waals surface area contributed by atoms with Crippen LogP contribution in [0.1, 0.15) is 30.5 Å². The van der Waals surface area contributed by atoms with Gasteiger partial charge in [-0.25, -0.2) is 4.39 Å². The zero-order chi connectivity index (χ0) is 23.0. The third kappa shape index (κ3) is 4.24. The number of hydroxylamine groups is 1. The molecule has 0 saturated carbocycles. The van der Waals surface area contributed by atoms with Gasteiger partial charge in [0.2, 0.25) is 12.1 Å². The molecule has 4 rings (SSSR count). The summed E-state index contributed by atoms with van der Waals surface area (Å²) in [5.41, 5.74) is 4.66. The van der Waals surface area contributed by atoms with Crippen molar-refractivity contribution in [3.05, 3.63) is 56.8 Å². The van der Waals surface area contributed by atoms with Crippen molar-refractivity contribution in [3.8, 4) is 11.1 Å². The number of ether oxygens (including phenoxy) is 2. The predicted octanol–water partition coefficient (Wildman–Crippen LogP) is 5.67. The van der Waals surface area contributed by atoms with E-state index in [-0.39, 0.29) is 22.1 Å². The monoisotopic (exact) mass is 479 g/mol. The molecule has 8 heteroatoms. The minimum absolute atomic E-state index is 0.0513. The number of methoxy groups -OCH3 is 1. The molecule has 2 aromatic rings. The molecule has 170 valence electrons. The van der Waals surface area contributed by atoms with Crippen molar-refractivity contribution in [2.45, 2.75) is 39.6 Å². The van der Waals surface area contributed by atoms with Crippen molar-refractivity contribution in [2.24, 2.45) is 16.8 Å². The minimum Gasteiger partial charge on any atom is -0.484 e. The molecule has 2 aromatic carbocycles. The summed E-state index contributed by atoms with van der Waals surface area (Å²) in [7, 11) is 3.29. The quantitative estimate of drug-likeness (QED) is 0.518. The van der Waals surface area contributed by atoms with Crippen molar-refractivity contribution in [1.29, 1.82) is 0 Å². The molecule has 0 saturated heterocycles. The fourth-order valence-electron chi connectivity index (χ4n) is 4.34. The van der Waals surface area contributed by atoms with E-state index in [0.29, 0.717) is 37.0 Å². The van der Waals surface area contributed by atoms with E-state index in [1.54, 1.807) is 19.0 Å². The van der Waals surface area contributed by atoms with Crippen molar-refractivity contribution in [1.82, 2.24) is 0 Å². The Kier molecular flexibility index (Phi) is 6.75. The summed E-state index contributed by atoms with van der Waals surface area (Å²) in [5.74, 6) is 0.616. The van der Waals surface area contributed by atoms with Gasteiger partial charge in [-0.1, -0.05) is 49.2 Å². The molecule has 0 aromatic heterocycles. The largest absolute Gasteiger partial charge is 0.484 e. The molecule has 0 unspecified atom stereocenters. The van der Waals surface area contributed by atoms with E-state index in [9.17, 15) is 4.39 Å². The Morgan fingerprint density at radius 2 is 1.84 bits per heavy atom.